The van der Waals surface area contributed by atoms with Crippen LogP contribution in [0.3, 0.4) is 0 Å². The molecule has 0 saturated carbocycles. The Kier molecular flexibility index (Phi) is 6.81. The first kappa shape index (κ1) is 23.5. The molecule has 182 valence electrons. The minimum absolute atomic E-state index is 0.104. The van der Waals surface area contributed by atoms with Crippen LogP contribution in [-0.2, 0) is 9.53 Å². The van der Waals surface area contributed by atoms with Crippen molar-refractivity contribution >= 4 is 29.0 Å². The highest BCUT2D eigenvalue weighted by atomic mass is 35.5. The van der Waals surface area contributed by atoms with Crippen molar-refractivity contribution in [2.75, 3.05) is 50.6 Å². The molecule has 10 heteroatoms. The maximum absolute atomic E-state index is 14.6. The average molecular weight is 498 g/mol. The quantitative estimate of drug-likeness (QED) is 0.508. The van der Waals surface area contributed by atoms with Crippen molar-refractivity contribution in [3.63, 3.8) is 0 Å². The predicted molar refractivity (Wildman–Crippen MR) is 132 cm³/mol. The molecule has 0 unspecified atom stereocenters. The van der Waals surface area contributed by atoms with Crippen molar-refractivity contribution in [3.8, 4) is 28.1 Å². The van der Waals surface area contributed by atoms with Gasteiger partial charge in [-0.15, -0.1) is 0 Å². The van der Waals surface area contributed by atoms with Crippen molar-refractivity contribution in [1.82, 2.24) is 14.9 Å². The molecule has 2 N–H and O–H groups in total. The molecule has 0 bridgehead atoms. The van der Waals surface area contributed by atoms with Crippen LogP contribution in [0, 0.1) is 5.82 Å². The van der Waals surface area contributed by atoms with Gasteiger partial charge in [-0.2, -0.15) is 0 Å². The SMILES string of the molecule is CN(CCC(=O)Nc1cncc(-c2cc(-c3cc(Cl)ccc3F)nc3c2OCCN3)c1)C1COC1. The standard InChI is InChI=1S/C25H25ClFN5O3/c1-32(18-13-34-14-18)6-4-23(33)30-17-8-15(11-28-12-17)19-10-22(20-9-16(26)2-3-21(20)27)31-25-24(19)35-7-5-29-25/h2-3,8-12,18H,4-7,13-14H2,1H3,(H,29,31)(H,30,33). The van der Waals surface area contributed by atoms with Crippen LogP contribution < -0.4 is 15.4 Å². The first-order valence-corrected chi connectivity index (χ1v) is 11.8. The van der Waals surface area contributed by atoms with Crippen molar-refractivity contribution in [2.45, 2.75) is 12.5 Å². The lowest BCUT2D eigenvalue weighted by Crippen LogP contribution is -2.47. The number of fused-ring (bicyclic) bond motifs is 1. The molecule has 2 aliphatic heterocycles. The van der Waals surface area contributed by atoms with E-state index in [0.717, 1.165) is 0 Å². The van der Waals surface area contributed by atoms with E-state index in [1.165, 1.54) is 12.1 Å². The molecular formula is C25H25ClFN5O3. The average Bonchev–Trinajstić information content (AvgIpc) is 2.82. The maximum atomic E-state index is 14.6. The first-order chi connectivity index (χ1) is 17.0. The third-order valence-electron chi connectivity index (χ3n) is 6.09. The summed E-state index contributed by atoms with van der Waals surface area (Å²) in [6, 6.07) is 8.29. The number of amides is 1. The van der Waals surface area contributed by atoms with E-state index in [1.807, 2.05) is 13.1 Å². The molecule has 5 rings (SSSR count). The largest absolute Gasteiger partial charge is 0.487 e. The number of nitrogens with zero attached hydrogens (tertiary/aromatic N) is 3. The summed E-state index contributed by atoms with van der Waals surface area (Å²) in [5.74, 6) is 0.534. The Labute approximate surface area is 207 Å². The van der Waals surface area contributed by atoms with Crippen LogP contribution >= 0.6 is 11.6 Å². The van der Waals surface area contributed by atoms with Gasteiger partial charge in [-0.1, -0.05) is 11.6 Å². The number of likely N-dealkylation sites (N-methyl/N-ethyl adjacent to an activating group) is 1. The number of carbonyl (C=O) groups is 1. The Bertz CT molecular complexity index is 1250. The summed E-state index contributed by atoms with van der Waals surface area (Å²) >= 11 is 6.12. The summed E-state index contributed by atoms with van der Waals surface area (Å²) in [7, 11) is 1.99. The van der Waals surface area contributed by atoms with E-state index in [-0.39, 0.29) is 11.5 Å². The highest BCUT2D eigenvalue weighted by molar-refractivity contribution is 6.30. The highest BCUT2D eigenvalue weighted by Crippen LogP contribution is 2.41. The Morgan fingerprint density at radius 1 is 1.26 bits per heavy atom. The van der Waals surface area contributed by atoms with E-state index < -0.39 is 5.82 Å². The molecule has 1 aromatic carbocycles. The Balaban J connectivity index is 1.41. The second-order valence-electron chi connectivity index (χ2n) is 8.56. The predicted octanol–water partition coefficient (Wildman–Crippen LogP) is 4.07. The monoisotopic (exact) mass is 497 g/mol. The van der Waals surface area contributed by atoms with E-state index in [2.05, 4.69) is 25.5 Å². The number of pyridine rings is 2. The number of ether oxygens (including phenoxy) is 2. The summed E-state index contributed by atoms with van der Waals surface area (Å²) in [5, 5.41) is 6.54. The molecule has 0 radical (unpaired) electrons. The van der Waals surface area contributed by atoms with Gasteiger partial charge < -0.3 is 20.1 Å². The number of anilines is 2. The molecule has 4 heterocycles. The summed E-state index contributed by atoms with van der Waals surface area (Å²) in [5.41, 5.74) is 2.65. The van der Waals surface area contributed by atoms with E-state index >= 15 is 0 Å². The molecule has 2 aliphatic rings. The molecule has 8 nitrogen and oxygen atoms in total. The number of aromatic nitrogens is 2. The maximum Gasteiger partial charge on any atom is 0.225 e. The van der Waals surface area contributed by atoms with Crippen LogP contribution in [0.15, 0.2) is 42.7 Å². The van der Waals surface area contributed by atoms with Crippen molar-refractivity contribution in [1.29, 1.82) is 0 Å². The molecular weight excluding hydrogens is 473 g/mol. The number of hydrogen-bond donors (Lipinski definition) is 2. The van der Waals surface area contributed by atoms with Gasteiger partial charge in [0.1, 0.15) is 12.4 Å². The van der Waals surface area contributed by atoms with Crippen molar-refractivity contribution in [2.24, 2.45) is 0 Å². The smallest absolute Gasteiger partial charge is 0.225 e. The van der Waals surface area contributed by atoms with Gasteiger partial charge in [0.25, 0.3) is 0 Å². The van der Waals surface area contributed by atoms with Crippen molar-refractivity contribution in [3.05, 3.63) is 53.6 Å². The van der Waals surface area contributed by atoms with Crippen molar-refractivity contribution < 1.29 is 18.7 Å². The molecule has 0 atom stereocenters. The number of halogens is 2. The van der Waals surface area contributed by atoms with Crippen LogP contribution in [0.25, 0.3) is 22.4 Å². The van der Waals surface area contributed by atoms with Gasteiger partial charge >= 0.3 is 0 Å². The summed E-state index contributed by atoms with van der Waals surface area (Å²) < 4.78 is 25.7. The van der Waals surface area contributed by atoms with Gasteiger partial charge in [-0.3, -0.25) is 14.7 Å². The number of carbonyl (C=O) groups excluding carboxylic acids is 1. The molecule has 2 aromatic heterocycles. The van der Waals surface area contributed by atoms with E-state index in [4.69, 9.17) is 21.1 Å². The topological polar surface area (TPSA) is 88.6 Å². The molecule has 1 saturated heterocycles. The molecule has 0 spiro atoms. The summed E-state index contributed by atoms with van der Waals surface area (Å²) in [6.07, 6.45) is 3.62. The number of rotatable bonds is 7. The molecule has 1 amide bonds. The third kappa shape index (κ3) is 5.22. The molecule has 3 aromatic rings. The van der Waals surface area contributed by atoms with E-state index in [9.17, 15) is 9.18 Å². The second kappa shape index (κ2) is 10.2. The van der Waals surface area contributed by atoms with E-state index in [0.29, 0.717) is 84.5 Å². The Hall–Kier alpha value is -3.27. The minimum atomic E-state index is -0.429. The van der Waals surface area contributed by atoms with Crippen LogP contribution in [0.4, 0.5) is 15.9 Å². The number of nitrogens with one attached hydrogen (secondary N) is 2. The second-order valence-corrected chi connectivity index (χ2v) is 9.00. The van der Waals surface area contributed by atoms with Gasteiger partial charge in [0, 0.05) is 40.9 Å². The highest BCUT2D eigenvalue weighted by Gasteiger charge is 2.24. The lowest BCUT2D eigenvalue weighted by Gasteiger charge is -2.34. The third-order valence-corrected chi connectivity index (χ3v) is 6.32. The van der Waals surface area contributed by atoms with Crippen LogP contribution in [0.2, 0.25) is 5.02 Å². The minimum Gasteiger partial charge on any atom is -0.487 e. The first-order valence-electron chi connectivity index (χ1n) is 11.4. The lowest BCUT2D eigenvalue weighted by molar-refractivity contribution is -0.117. The zero-order valence-electron chi connectivity index (χ0n) is 19.2. The molecule has 0 aliphatic carbocycles. The van der Waals surface area contributed by atoms with E-state index in [1.54, 1.807) is 24.5 Å². The fourth-order valence-corrected chi connectivity index (χ4v) is 4.16. The fraction of sp³-hybridized carbons (Fsp3) is 0.320. The van der Waals surface area contributed by atoms with Crippen LogP contribution in [-0.4, -0.2) is 66.8 Å². The van der Waals surface area contributed by atoms with Crippen LogP contribution in [0.5, 0.6) is 5.75 Å². The zero-order valence-corrected chi connectivity index (χ0v) is 19.9. The number of hydrogen-bond acceptors (Lipinski definition) is 7. The lowest BCUT2D eigenvalue weighted by atomic mass is 10.0. The van der Waals surface area contributed by atoms with Gasteiger partial charge in [0.05, 0.1) is 43.4 Å². The van der Waals surface area contributed by atoms with Gasteiger partial charge in [0.2, 0.25) is 5.91 Å². The summed E-state index contributed by atoms with van der Waals surface area (Å²) in [4.78, 5) is 23.5. The van der Waals surface area contributed by atoms with Gasteiger partial charge in [0.15, 0.2) is 11.6 Å². The fourth-order valence-electron chi connectivity index (χ4n) is 3.99. The van der Waals surface area contributed by atoms with Crippen LogP contribution in [0.1, 0.15) is 6.42 Å². The summed E-state index contributed by atoms with van der Waals surface area (Å²) in [6.45, 7) is 3.10. The Morgan fingerprint density at radius 3 is 2.91 bits per heavy atom. The van der Waals surface area contributed by atoms with Gasteiger partial charge in [-0.05, 0) is 37.4 Å². The molecule has 1 fully saturated rings. The molecule has 35 heavy (non-hydrogen) atoms. The van der Waals surface area contributed by atoms with Gasteiger partial charge in [-0.25, -0.2) is 9.37 Å². The Morgan fingerprint density at radius 2 is 2.11 bits per heavy atom. The number of benzene rings is 1. The normalized spacial score (nSPS) is 15.1. The zero-order chi connectivity index (χ0) is 24.4.